The zero-order valence-corrected chi connectivity index (χ0v) is 21.0. The normalized spacial score (nSPS) is 28.5. The first-order chi connectivity index (χ1) is 13.6. The lowest BCUT2D eigenvalue weighted by molar-refractivity contribution is -0.254. The Morgan fingerprint density at radius 3 is 2.03 bits per heavy atom. The van der Waals surface area contributed by atoms with Crippen LogP contribution in [-0.2, 0) is 28.1 Å². The molecule has 29 heavy (non-hydrogen) atoms. The SMILES string of the molecule is C=C[C@@H]1O[C@](C)(COCOC)[C@@H](OCOC)C[C@H]1O[Si](C(C)C)(C(C)C)C(C)C. The Hall–Kier alpha value is -0.283. The van der Waals surface area contributed by atoms with Crippen LogP contribution in [-0.4, -0.2) is 66.6 Å². The average molecular weight is 433 g/mol. The van der Waals surface area contributed by atoms with Crippen LogP contribution in [0.15, 0.2) is 12.7 Å². The van der Waals surface area contributed by atoms with Crippen LogP contribution in [0.25, 0.3) is 0 Å². The molecule has 172 valence electrons. The largest absolute Gasteiger partial charge is 0.410 e. The van der Waals surface area contributed by atoms with Gasteiger partial charge in [-0.15, -0.1) is 6.58 Å². The van der Waals surface area contributed by atoms with Crippen molar-refractivity contribution in [1.29, 1.82) is 0 Å². The van der Waals surface area contributed by atoms with Crippen LogP contribution in [0.4, 0.5) is 0 Å². The van der Waals surface area contributed by atoms with Crippen LogP contribution < -0.4 is 0 Å². The number of hydrogen-bond donors (Lipinski definition) is 0. The molecule has 4 atom stereocenters. The molecule has 1 heterocycles. The van der Waals surface area contributed by atoms with Crippen LogP contribution in [0.3, 0.4) is 0 Å². The van der Waals surface area contributed by atoms with E-state index in [2.05, 4.69) is 48.1 Å². The topological polar surface area (TPSA) is 55.4 Å². The summed E-state index contributed by atoms with van der Waals surface area (Å²) in [5, 5.41) is 0. The summed E-state index contributed by atoms with van der Waals surface area (Å²) >= 11 is 0. The maximum atomic E-state index is 7.05. The van der Waals surface area contributed by atoms with E-state index in [1.54, 1.807) is 14.2 Å². The van der Waals surface area contributed by atoms with Crippen molar-refractivity contribution in [3.8, 4) is 0 Å². The molecule has 7 heteroatoms. The molecule has 0 unspecified atom stereocenters. The lowest BCUT2D eigenvalue weighted by Crippen LogP contribution is -2.61. The van der Waals surface area contributed by atoms with Gasteiger partial charge in [0.05, 0.1) is 18.8 Å². The number of methoxy groups -OCH3 is 2. The highest BCUT2D eigenvalue weighted by molar-refractivity contribution is 6.77. The maximum Gasteiger partial charge on any atom is 0.200 e. The minimum atomic E-state index is -2.08. The molecule has 1 aliphatic heterocycles. The second-order valence-electron chi connectivity index (χ2n) is 9.16. The highest BCUT2D eigenvalue weighted by Gasteiger charge is 2.52. The van der Waals surface area contributed by atoms with Gasteiger partial charge in [0.15, 0.2) is 0 Å². The Morgan fingerprint density at radius 1 is 1.03 bits per heavy atom. The van der Waals surface area contributed by atoms with Crippen molar-refractivity contribution in [1.82, 2.24) is 0 Å². The first kappa shape index (κ1) is 26.8. The summed E-state index contributed by atoms with van der Waals surface area (Å²) in [5.41, 5.74) is 0.826. The van der Waals surface area contributed by atoms with E-state index in [9.17, 15) is 0 Å². The second kappa shape index (κ2) is 11.9. The lowest BCUT2D eigenvalue weighted by atomic mass is 9.88. The highest BCUT2D eigenvalue weighted by Crippen LogP contribution is 2.45. The minimum Gasteiger partial charge on any atom is -0.410 e. The molecule has 1 saturated heterocycles. The fourth-order valence-corrected chi connectivity index (χ4v) is 10.5. The molecule has 0 N–H and O–H groups in total. The standard InChI is InChI=1S/C22H44O6Si/c1-11-19-20(28-29(16(2)3,17(4)5)18(6)7)12-21(26-15-24-10)22(8,27-19)13-25-14-23-9/h11,16-21H,1,12-15H2,2-10H3/t19-,20+,21-,22+/m0/s1. The maximum absolute atomic E-state index is 7.05. The molecule has 0 aromatic carbocycles. The van der Waals surface area contributed by atoms with Gasteiger partial charge >= 0.3 is 0 Å². The molecule has 0 bridgehead atoms. The van der Waals surface area contributed by atoms with Gasteiger partial charge in [-0.25, -0.2) is 0 Å². The van der Waals surface area contributed by atoms with Gasteiger partial charge in [0, 0.05) is 20.6 Å². The zero-order chi connectivity index (χ0) is 22.2. The summed E-state index contributed by atoms with van der Waals surface area (Å²) in [7, 11) is 1.15. The predicted molar refractivity (Wildman–Crippen MR) is 119 cm³/mol. The summed E-state index contributed by atoms with van der Waals surface area (Å²) in [6.45, 7) is 20.5. The van der Waals surface area contributed by atoms with Gasteiger partial charge in [0.1, 0.15) is 25.3 Å². The van der Waals surface area contributed by atoms with Crippen LogP contribution >= 0.6 is 0 Å². The van der Waals surface area contributed by atoms with E-state index in [1.165, 1.54) is 0 Å². The molecule has 1 fully saturated rings. The first-order valence-corrected chi connectivity index (χ1v) is 12.9. The Morgan fingerprint density at radius 2 is 1.59 bits per heavy atom. The van der Waals surface area contributed by atoms with Gasteiger partial charge in [-0.3, -0.25) is 0 Å². The Bertz CT molecular complexity index is 462. The van der Waals surface area contributed by atoms with Crippen molar-refractivity contribution in [2.75, 3.05) is 34.4 Å². The molecule has 0 saturated carbocycles. The van der Waals surface area contributed by atoms with Crippen molar-refractivity contribution in [3.05, 3.63) is 12.7 Å². The molecule has 0 aliphatic carbocycles. The van der Waals surface area contributed by atoms with Crippen LogP contribution in [0, 0.1) is 0 Å². The number of hydrogen-bond acceptors (Lipinski definition) is 6. The second-order valence-corrected chi connectivity index (χ2v) is 14.6. The number of rotatable bonds is 13. The van der Waals surface area contributed by atoms with E-state index in [-0.39, 0.29) is 31.9 Å². The van der Waals surface area contributed by atoms with Crippen molar-refractivity contribution < 1.29 is 28.1 Å². The summed E-state index contributed by atoms with van der Waals surface area (Å²) in [6, 6.07) is 0. The average Bonchev–Trinajstić information content (AvgIpc) is 2.64. The minimum absolute atomic E-state index is 0.108. The van der Waals surface area contributed by atoms with Crippen molar-refractivity contribution in [2.45, 2.75) is 95.4 Å². The molecular weight excluding hydrogens is 388 g/mol. The van der Waals surface area contributed by atoms with Gasteiger partial charge in [0.2, 0.25) is 8.32 Å². The molecule has 0 aromatic rings. The third-order valence-electron chi connectivity index (χ3n) is 6.17. The van der Waals surface area contributed by atoms with E-state index in [1.807, 2.05) is 13.0 Å². The van der Waals surface area contributed by atoms with E-state index in [0.717, 1.165) is 0 Å². The monoisotopic (exact) mass is 432 g/mol. The van der Waals surface area contributed by atoms with Gasteiger partial charge in [-0.2, -0.15) is 0 Å². The van der Waals surface area contributed by atoms with E-state index < -0.39 is 13.9 Å². The fraction of sp³-hybridized carbons (Fsp3) is 0.909. The third kappa shape index (κ3) is 6.35. The van der Waals surface area contributed by atoms with Gasteiger partial charge < -0.3 is 28.1 Å². The lowest BCUT2D eigenvalue weighted by Gasteiger charge is -2.51. The van der Waals surface area contributed by atoms with Gasteiger partial charge in [-0.1, -0.05) is 47.6 Å². The quantitative estimate of drug-likeness (QED) is 0.179. The Kier molecular flexibility index (Phi) is 11.0. The van der Waals surface area contributed by atoms with E-state index in [4.69, 9.17) is 28.1 Å². The summed E-state index contributed by atoms with van der Waals surface area (Å²) in [6.07, 6.45) is 2.00. The fourth-order valence-electron chi connectivity index (χ4n) is 4.89. The summed E-state index contributed by atoms with van der Waals surface area (Å²) in [5.74, 6) is 0. The van der Waals surface area contributed by atoms with E-state index in [0.29, 0.717) is 29.7 Å². The molecule has 6 nitrogen and oxygen atoms in total. The zero-order valence-electron chi connectivity index (χ0n) is 20.0. The first-order valence-electron chi connectivity index (χ1n) is 10.7. The van der Waals surface area contributed by atoms with Gasteiger partial charge in [0.25, 0.3) is 0 Å². The molecule has 0 aromatic heterocycles. The third-order valence-corrected chi connectivity index (χ3v) is 12.3. The van der Waals surface area contributed by atoms with Crippen LogP contribution in [0.2, 0.25) is 16.6 Å². The summed E-state index contributed by atoms with van der Waals surface area (Å²) in [4.78, 5) is 0. The smallest absolute Gasteiger partial charge is 0.200 e. The molecule has 0 radical (unpaired) electrons. The predicted octanol–water partition coefficient (Wildman–Crippen LogP) is 4.89. The van der Waals surface area contributed by atoms with Crippen molar-refractivity contribution in [3.63, 3.8) is 0 Å². The van der Waals surface area contributed by atoms with Crippen LogP contribution in [0.1, 0.15) is 54.9 Å². The molecule has 1 rings (SSSR count). The number of ether oxygens (including phenoxy) is 5. The van der Waals surface area contributed by atoms with Crippen molar-refractivity contribution >= 4 is 8.32 Å². The van der Waals surface area contributed by atoms with E-state index >= 15 is 0 Å². The highest BCUT2D eigenvalue weighted by atomic mass is 28.4. The molecular formula is C22H44O6Si. The molecule has 1 aliphatic rings. The molecule has 0 amide bonds. The molecule has 0 spiro atoms. The Balaban J connectivity index is 3.16. The van der Waals surface area contributed by atoms with Gasteiger partial charge in [-0.05, 0) is 23.5 Å². The Labute approximate surface area is 179 Å². The summed E-state index contributed by atoms with van der Waals surface area (Å²) < 4.78 is 35.4. The van der Waals surface area contributed by atoms with Crippen molar-refractivity contribution in [2.24, 2.45) is 0 Å². The van der Waals surface area contributed by atoms with Crippen LogP contribution in [0.5, 0.6) is 0 Å².